The minimum absolute atomic E-state index is 0.00778. The number of carbonyl (C=O) groups is 1. The maximum atomic E-state index is 11.2. The van der Waals surface area contributed by atoms with E-state index in [2.05, 4.69) is 0 Å². The molecule has 2 aliphatic rings. The highest BCUT2D eigenvalue weighted by atomic mass is 16.3. The molecule has 0 aliphatic heterocycles. The van der Waals surface area contributed by atoms with Gasteiger partial charge in [0.1, 0.15) is 0 Å². The normalized spacial score (nSPS) is 33.9. The van der Waals surface area contributed by atoms with Crippen molar-refractivity contribution in [2.45, 2.75) is 38.5 Å². The molecule has 0 aromatic heterocycles. The zero-order valence-corrected chi connectivity index (χ0v) is 7.88. The highest BCUT2D eigenvalue weighted by Crippen LogP contribution is 2.46. The van der Waals surface area contributed by atoms with Crippen LogP contribution in [0.25, 0.3) is 0 Å². The van der Waals surface area contributed by atoms with E-state index in [9.17, 15) is 9.90 Å². The van der Waals surface area contributed by atoms with Gasteiger partial charge in [-0.2, -0.15) is 0 Å². The molecule has 1 N–H and O–H groups in total. The predicted octanol–water partition coefficient (Wildman–Crippen LogP) is 1.83. The molecule has 2 rings (SSSR count). The summed E-state index contributed by atoms with van der Waals surface area (Å²) >= 11 is 0. The van der Waals surface area contributed by atoms with Crippen molar-refractivity contribution in [3.63, 3.8) is 0 Å². The standard InChI is InChI=1S/C11H16O2/c12-8-11-5-2-1-3-9(11)7-10(13)4-6-11/h7,12H,1-6,8H2/t11-/m1/s1. The number of rotatable bonds is 1. The molecule has 1 saturated carbocycles. The predicted molar refractivity (Wildman–Crippen MR) is 50.3 cm³/mol. The molecular weight excluding hydrogens is 164 g/mol. The van der Waals surface area contributed by atoms with Crippen molar-refractivity contribution < 1.29 is 9.90 Å². The molecule has 2 heteroatoms. The Bertz CT molecular complexity index is 255. The summed E-state index contributed by atoms with van der Waals surface area (Å²) in [6, 6.07) is 0. The molecule has 1 fully saturated rings. The molecule has 2 aliphatic carbocycles. The second-order valence-electron chi connectivity index (χ2n) is 4.28. The highest BCUT2D eigenvalue weighted by molar-refractivity contribution is 5.91. The Kier molecular flexibility index (Phi) is 2.24. The van der Waals surface area contributed by atoms with Gasteiger partial charge in [-0.25, -0.2) is 0 Å². The van der Waals surface area contributed by atoms with E-state index in [0.717, 1.165) is 19.3 Å². The molecule has 0 amide bonds. The molecule has 72 valence electrons. The lowest BCUT2D eigenvalue weighted by molar-refractivity contribution is -0.116. The largest absolute Gasteiger partial charge is 0.395 e. The molecule has 0 unspecified atom stereocenters. The average molecular weight is 180 g/mol. The second kappa shape index (κ2) is 3.26. The number of ketones is 1. The maximum absolute atomic E-state index is 11.2. The van der Waals surface area contributed by atoms with Gasteiger partial charge in [-0.3, -0.25) is 4.79 Å². The summed E-state index contributed by atoms with van der Waals surface area (Å²) in [4.78, 5) is 11.2. The number of hydrogen-bond acceptors (Lipinski definition) is 2. The van der Waals surface area contributed by atoms with Crippen LogP contribution in [0.2, 0.25) is 0 Å². The van der Waals surface area contributed by atoms with Crippen LogP contribution in [-0.2, 0) is 4.79 Å². The average Bonchev–Trinajstić information content (AvgIpc) is 2.18. The molecule has 2 nitrogen and oxygen atoms in total. The Morgan fingerprint density at radius 3 is 2.92 bits per heavy atom. The van der Waals surface area contributed by atoms with E-state index in [1.165, 1.54) is 18.4 Å². The van der Waals surface area contributed by atoms with Gasteiger partial charge in [0.05, 0.1) is 6.61 Å². The van der Waals surface area contributed by atoms with Crippen molar-refractivity contribution in [3.8, 4) is 0 Å². The summed E-state index contributed by atoms with van der Waals surface area (Å²) in [5.41, 5.74) is 1.21. The number of allylic oxidation sites excluding steroid dienone is 1. The molecule has 0 aromatic rings. The third-order valence-corrected chi connectivity index (χ3v) is 3.52. The van der Waals surface area contributed by atoms with Crippen LogP contribution in [0.3, 0.4) is 0 Å². The summed E-state index contributed by atoms with van der Waals surface area (Å²) in [6.07, 6.45) is 7.76. The van der Waals surface area contributed by atoms with E-state index in [1.54, 1.807) is 6.08 Å². The number of aliphatic hydroxyl groups excluding tert-OH is 1. The van der Waals surface area contributed by atoms with Gasteiger partial charge in [0, 0.05) is 11.8 Å². The molecule has 0 spiro atoms. The number of hydrogen-bond donors (Lipinski definition) is 1. The first-order chi connectivity index (χ1) is 6.27. The molecule has 0 aromatic carbocycles. The molecule has 0 heterocycles. The van der Waals surface area contributed by atoms with Crippen LogP contribution in [0.4, 0.5) is 0 Å². The third-order valence-electron chi connectivity index (χ3n) is 3.52. The Labute approximate surface area is 78.6 Å². The summed E-state index contributed by atoms with van der Waals surface area (Å²) in [6.45, 7) is 0.228. The van der Waals surface area contributed by atoms with Crippen LogP contribution in [0.5, 0.6) is 0 Å². The summed E-state index contributed by atoms with van der Waals surface area (Å²) in [5.74, 6) is 0.251. The molecule has 13 heavy (non-hydrogen) atoms. The molecule has 0 bridgehead atoms. The van der Waals surface area contributed by atoms with E-state index in [1.807, 2.05) is 0 Å². The Balaban J connectivity index is 2.30. The Morgan fingerprint density at radius 2 is 2.15 bits per heavy atom. The van der Waals surface area contributed by atoms with E-state index in [0.29, 0.717) is 6.42 Å². The fourth-order valence-corrected chi connectivity index (χ4v) is 2.60. The SMILES string of the molecule is O=C1C=C2CCCC[C@]2(CO)CC1. The van der Waals surface area contributed by atoms with Crippen molar-refractivity contribution in [3.05, 3.63) is 11.6 Å². The van der Waals surface area contributed by atoms with Gasteiger partial charge >= 0.3 is 0 Å². The topological polar surface area (TPSA) is 37.3 Å². The minimum atomic E-state index is -0.00778. The fourth-order valence-electron chi connectivity index (χ4n) is 2.60. The molecule has 0 radical (unpaired) electrons. The highest BCUT2D eigenvalue weighted by Gasteiger charge is 2.38. The van der Waals surface area contributed by atoms with Crippen LogP contribution < -0.4 is 0 Å². The van der Waals surface area contributed by atoms with Crippen LogP contribution in [0, 0.1) is 5.41 Å². The summed E-state index contributed by atoms with van der Waals surface area (Å²) < 4.78 is 0. The van der Waals surface area contributed by atoms with Crippen molar-refractivity contribution >= 4 is 5.78 Å². The Hall–Kier alpha value is -0.630. The lowest BCUT2D eigenvalue weighted by Gasteiger charge is -2.40. The number of aliphatic hydroxyl groups is 1. The molecular formula is C11H16O2. The van der Waals surface area contributed by atoms with E-state index < -0.39 is 0 Å². The van der Waals surface area contributed by atoms with Crippen LogP contribution in [-0.4, -0.2) is 17.5 Å². The molecule has 1 atom stereocenters. The lowest BCUT2D eigenvalue weighted by atomic mass is 9.65. The van der Waals surface area contributed by atoms with Crippen molar-refractivity contribution in [1.82, 2.24) is 0 Å². The smallest absolute Gasteiger partial charge is 0.155 e. The number of fused-ring (bicyclic) bond motifs is 1. The second-order valence-corrected chi connectivity index (χ2v) is 4.28. The van der Waals surface area contributed by atoms with E-state index in [-0.39, 0.29) is 17.8 Å². The van der Waals surface area contributed by atoms with Crippen molar-refractivity contribution in [1.29, 1.82) is 0 Å². The van der Waals surface area contributed by atoms with E-state index >= 15 is 0 Å². The lowest BCUT2D eigenvalue weighted by Crippen LogP contribution is -2.34. The van der Waals surface area contributed by atoms with Gasteiger partial charge in [0.25, 0.3) is 0 Å². The van der Waals surface area contributed by atoms with Crippen molar-refractivity contribution in [2.24, 2.45) is 5.41 Å². The first kappa shape index (κ1) is 8.95. The quantitative estimate of drug-likeness (QED) is 0.668. The van der Waals surface area contributed by atoms with Crippen LogP contribution in [0.15, 0.2) is 11.6 Å². The van der Waals surface area contributed by atoms with Crippen LogP contribution in [0.1, 0.15) is 38.5 Å². The summed E-state index contributed by atoms with van der Waals surface area (Å²) in [7, 11) is 0. The fraction of sp³-hybridized carbons (Fsp3) is 0.727. The van der Waals surface area contributed by atoms with Gasteiger partial charge < -0.3 is 5.11 Å². The summed E-state index contributed by atoms with van der Waals surface area (Å²) in [5, 5.41) is 9.41. The van der Waals surface area contributed by atoms with Gasteiger partial charge in [-0.15, -0.1) is 0 Å². The first-order valence-corrected chi connectivity index (χ1v) is 5.12. The maximum Gasteiger partial charge on any atom is 0.155 e. The van der Waals surface area contributed by atoms with E-state index in [4.69, 9.17) is 0 Å². The minimum Gasteiger partial charge on any atom is -0.395 e. The van der Waals surface area contributed by atoms with Crippen LogP contribution >= 0.6 is 0 Å². The third kappa shape index (κ3) is 1.44. The van der Waals surface area contributed by atoms with Gasteiger partial charge in [-0.05, 0) is 31.8 Å². The molecule has 0 saturated heterocycles. The van der Waals surface area contributed by atoms with Gasteiger partial charge in [0.2, 0.25) is 0 Å². The van der Waals surface area contributed by atoms with Crippen molar-refractivity contribution in [2.75, 3.05) is 6.61 Å². The monoisotopic (exact) mass is 180 g/mol. The van der Waals surface area contributed by atoms with Gasteiger partial charge in [0.15, 0.2) is 5.78 Å². The van der Waals surface area contributed by atoms with Gasteiger partial charge in [-0.1, -0.05) is 12.0 Å². The number of carbonyl (C=O) groups excluding carboxylic acids is 1. The first-order valence-electron chi connectivity index (χ1n) is 5.12. The Morgan fingerprint density at radius 1 is 1.31 bits per heavy atom. The zero-order valence-electron chi connectivity index (χ0n) is 7.88. The zero-order chi connectivity index (χ0) is 9.31.